The number of alkyl halides is 2. The fourth-order valence-corrected chi connectivity index (χ4v) is 7.37. The van der Waals surface area contributed by atoms with Gasteiger partial charge < -0.3 is 29.1 Å². The molecule has 262 valence electrons. The minimum Gasteiger partial charge on any atom is -0.619 e. The number of hydrogen-bond acceptors (Lipinski definition) is 9. The van der Waals surface area contributed by atoms with Gasteiger partial charge in [-0.1, -0.05) is 41.4 Å². The Morgan fingerprint density at radius 2 is 1.73 bits per heavy atom. The molecule has 0 spiro atoms. The molecule has 1 amide bonds. The molecule has 3 heterocycles. The number of rotatable bonds is 13. The molecule has 15 heteroatoms. The largest absolute Gasteiger partial charge is 0.619 e. The summed E-state index contributed by atoms with van der Waals surface area (Å²) in [6.45, 7) is 1.41. The van der Waals surface area contributed by atoms with Crippen LogP contribution < -0.4 is 14.2 Å². The second-order valence-corrected chi connectivity index (χ2v) is 14.1. The number of carbonyl (C=O) groups is 2. The van der Waals surface area contributed by atoms with E-state index in [1.807, 2.05) is 12.1 Å². The van der Waals surface area contributed by atoms with Gasteiger partial charge in [-0.3, -0.25) is 9.69 Å². The minimum absolute atomic E-state index is 0.0514. The first-order chi connectivity index (χ1) is 23.6. The molecule has 1 saturated carbocycles. The maximum atomic E-state index is 13.9. The number of ether oxygens (including phenoxy) is 4. The maximum Gasteiger partial charge on any atom is 0.387 e. The topological polar surface area (TPSA) is 104 Å². The molecule has 2 saturated heterocycles. The standard InChI is InChI=1S/C34H35Cl2F2N3O7S/c35-26-18-40(44)19-27(36)25(26)16-29(24-7-8-28(48-34(37)38)30(15-24)46-20-22-1-2-22)47-33(43)32-41(11-14-49-32)31(42)23-5-3-21(4-6-23)17-39-9-12-45-13-10-39/h3-8,15,18-19,22,29,32,34H,1-2,9-14,16-17,20H2/t29-,32?/m0/s1. The molecule has 1 unspecified atom stereocenters. The van der Waals surface area contributed by atoms with Crippen LogP contribution in [0, 0.1) is 11.1 Å². The Hall–Kier alpha value is -3.36. The summed E-state index contributed by atoms with van der Waals surface area (Å²) >= 11 is 14.1. The third-order valence-corrected chi connectivity index (χ3v) is 10.3. The van der Waals surface area contributed by atoms with Crippen LogP contribution in [0.2, 0.25) is 10.0 Å². The molecule has 0 radical (unpaired) electrons. The van der Waals surface area contributed by atoms with Gasteiger partial charge in [0.2, 0.25) is 0 Å². The molecule has 49 heavy (non-hydrogen) atoms. The number of hydrogen-bond donors (Lipinski definition) is 0. The SMILES string of the molecule is O=C(O[C@@H](Cc1c(Cl)c[n+]([O-])cc1Cl)c1ccc(OC(F)F)c(OCC2CC2)c1)C1SCCN1C(=O)c1ccc(CN2CCOCC2)cc1. The van der Waals surface area contributed by atoms with Gasteiger partial charge in [-0.25, -0.2) is 4.79 Å². The van der Waals surface area contributed by atoms with Crippen LogP contribution in [0.15, 0.2) is 54.9 Å². The average molecular weight is 739 g/mol. The molecule has 1 aliphatic carbocycles. The van der Waals surface area contributed by atoms with E-state index < -0.39 is 24.1 Å². The van der Waals surface area contributed by atoms with Gasteiger partial charge in [-0.15, -0.1) is 11.8 Å². The van der Waals surface area contributed by atoms with E-state index in [4.69, 9.17) is 42.1 Å². The first-order valence-corrected chi connectivity index (χ1v) is 17.8. The van der Waals surface area contributed by atoms with Crippen molar-refractivity contribution in [2.45, 2.75) is 43.9 Å². The Morgan fingerprint density at radius 1 is 1.02 bits per heavy atom. The number of aromatic nitrogens is 1. The number of carbonyl (C=O) groups excluding carboxylic acids is 2. The molecule has 3 aliphatic rings. The zero-order chi connectivity index (χ0) is 34.5. The molecular weight excluding hydrogens is 703 g/mol. The Balaban J connectivity index is 1.22. The number of amides is 1. The molecule has 10 nitrogen and oxygen atoms in total. The highest BCUT2D eigenvalue weighted by Crippen LogP contribution is 2.39. The summed E-state index contributed by atoms with van der Waals surface area (Å²) in [6, 6.07) is 11.7. The van der Waals surface area contributed by atoms with Gasteiger partial charge in [0.25, 0.3) is 5.91 Å². The number of pyridine rings is 1. The lowest BCUT2D eigenvalue weighted by molar-refractivity contribution is -0.605. The summed E-state index contributed by atoms with van der Waals surface area (Å²) in [4.78, 5) is 31.3. The highest BCUT2D eigenvalue weighted by molar-refractivity contribution is 8.00. The van der Waals surface area contributed by atoms with Gasteiger partial charge >= 0.3 is 12.6 Å². The fraction of sp³-hybridized carbons (Fsp3) is 0.441. The number of halogens is 4. The van der Waals surface area contributed by atoms with Gasteiger partial charge in [0.05, 0.1) is 19.8 Å². The minimum atomic E-state index is -3.08. The molecule has 0 bridgehead atoms. The highest BCUT2D eigenvalue weighted by atomic mass is 35.5. The van der Waals surface area contributed by atoms with E-state index in [1.54, 1.807) is 12.1 Å². The van der Waals surface area contributed by atoms with Crippen LogP contribution in [0.1, 0.15) is 46.0 Å². The van der Waals surface area contributed by atoms with Crippen LogP contribution in [-0.2, 0) is 27.2 Å². The molecule has 2 aromatic carbocycles. The number of esters is 1. The molecule has 3 aromatic rings. The first kappa shape index (κ1) is 35.5. The monoisotopic (exact) mass is 737 g/mol. The van der Waals surface area contributed by atoms with Crippen molar-refractivity contribution in [3.63, 3.8) is 0 Å². The van der Waals surface area contributed by atoms with Crippen molar-refractivity contribution in [2.24, 2.45) is 5.92 Å². The van der Waals surface area contributed by atoms with Crippen molar-refractivity contribution in [3.05, 3.63) is 92.4 Å². The Labute approximate surface area is 296 Å². The zero-order valence-electron chi connectivity index (χ0n) is 26.4. The van der Waals surface area contributed by atoms with Crippen LogP contribution in [0.25, 0.3) is 0 Å². The maximum absolute atomic E-state index is 13.9. The number of thioether (sulfide) groups is 1. The Kier molecular flexibility index (Phi) is 11.7. The smallest absolute Gasteiger partial charge is 0.387 e. The van der Waals surface area contributed by atoms with E-state index in [0.717, 1.165) is 50.4 Å². The fourth-order valence-electron chi connectivity index (χ4n) is 5.67. The van der Waals surface area contributed by atoms with Crippen LogP contribution >= 0.6 is 35.0 Å². The summed E-state index contributed by atoms with van der Waals surface area (Å²) in [5.74, 6) is -0.241. The zero-order valence-corrected chi connectivity index (χ0v) is 28.7. The van der Waals surface area contributed by atoms with Gasteiger partial charge in [-0.2, -0.15) is 13.5 Å². The third kappa shape index (κ3) is 9.26. The molecule has 2 atom stereocenters. The van der Waals surface area contributed by atoms with Crippen LogP contribution in [-0.4, -0.2) is 78.9 Å². The van der Waals surface area contributed by atoms with Gasteiger partial charge in [0, 0.05) is 49.5 Å². The molecular formula is C34H35Cl2F2N3O7S. The summed E-state index contributed by atoms with van der Waals surface area (Å²) in [5, 5.41) is 11.1. The van der Waals surface area contributed by atoms with Crippen molar-refractivity contribution in [2.75, 3.05) is 45.2 Å². The first-order valence-electron chi connectivity index (χ1n) is 15.9. The van der Waals surface area contributed by atoms with Crippen LogP contribution in [0.3, 0.4) is 0 Å². The number of morpholine rings is 1. The normalized spacial score (nSPS) is 18.8. The van der Waals surface area contributed by atoms with E-state index in [9.17, 15) is 23.6 Å². The molecule has 2 aliphatic heterocycles. The van der Waals surface area contributed by atoms with Crippen LogP contribution in [0.5, 0.6) is 11.5 Å². The average Bonchev–Trinajstić information content (AvgIpc) is 3.78. The van der Waals surface area contributed by atoms with E-state index in [2.05, 4.69) is 4.90 Å². The quantitative estimate of drug-likeness (QED) is 0.121. The summed E-state index contributed by atoms with van der Waals surface area (Å²) in [6.07, 6.45) is 3.10. The molecule has 6 rings (SSSR count). The van der Waals surface area contributed by atoms with E-state index in [-0.39, 0.29) is 33.9 Å². The predicted molar refractivity (Wildman–Crippen MR) is 179 cm³/mol. The summed E-state index contributed by atoms with van der Waals surface area (Å²) < 4.78 is 49.0. The lowest BCUT2D eigenvalue weighted by atomic mass is 10.0. The van der Waals surface area contributed by atoms with E-state index >= 15 is 0 Å². The Morgan fingerprint density at radius 3 is 2.41 bits per heavy atom. The molecule has 1 aromatic heterocycles. The van der Waals surface area contributed by atoms with E-state index in [0.29, 0.717) is 59.5 Å². The van der Waals surface area contributed by atoms with Gasteiger partial charge in [0.1, 0.15) is 16.1 Å². The van der Waals surface area contributed by atoms with E-state index in [1.165, 1.54) is 34.9 Å². The molecule has 3 fully saturated rings. The molecule has 0 N–H and O–H groups in total. The number of nitrogens with zero attached hydrogens (tertiary/aromatic N) is 3. The second kappa shape index (κ2) is 16.1. The van der Waals surface area contributed by atoms with Crippen molar-refractivity contribution in [3.8, 4) is 11.5 Å². The predicted octanol–water partition coefficient (Wildman–Crippen LogP) is 5.89. The van der Waals surface area contributed by atoms with Gasteiger partial charge in [0.15, 0.2) is 29.3 Å². The third-order valence-electron chi connectivity index (χ3n) is 8.50. The lowest BCUT2D eigenvalue weighted by Gasteiger charge is -2.27. The lowest BCUT2D eigenvalue weighted by Crippen LogP contribution is -2.40. The van der Waals surface area contributed by atoms with Crippen molar-refractivity contribution in [1.82, 2.24) is 9.80 Å². The second-order valence-electron chi connectivity index (χ2n) is 12.1. The number of benzene rings is 2. The summed E-state index contributed by atoms with van der Waals surface area (Å²) in [7, 11) is 0. The van der Waals surface area contributed by atoms with Gasteiger partial charge in [-0.05, 0) is 54.2 Å². The highest BCUT2D eigenvalue weighted by Gasteiger charge is 2.38. The van der Waals surface area contributed by atoms with Crippen molar-refractivity contribution in [1.29, 1.82) is 0 Å². The Bertz CT molecular complexity index is 1620. The summed E-state index contributed by atoms with van der Waals surface area (Å²) in [5.41, 5.74) is 2.25. The van der Waals surface area contributed by atoms with Crippen molar-refractivity contribution < 1.29 is 42.0 Å². The van der Waals surface area contributed by atoms with Crippen molar-refractivity contribution >= 4 is 46.8 Å². The van der Waals surface area contributed by atoms with Crippen LogP contribution in [0.4, 0.5) is 8.78 Å².